The Bertz CT molecular complexity index is 322. The van der Waals surface area contributed by atoms with Crippen molar-refractivity contribution in [3.05, 3.63) is 0 Å². The van der Waals surface area contributed by atoms with Crippen LogP contribution in [0.5, 0.6) is 0 Å². The molecule has 0 aromatic carbocycles. The van der Waals surface area contributed by atoms with E-state index in [-0.39, 0.29) is 11.1 Å². The first-order chi connectivity index (χ1) is 10.7. The van der Waals surface area contributed by atoms with Gasteiger partial charge in [-0.1, -0.05) is 85.5 Å². The van der Waals surface area contributed by atoms with Crippen molar-refractivity contribution in [1.29, 1.82) is 0 Å². The van der Waals surface area contributed by atoms with Gasteiger partial charge in [0.2, 0.25) is 0 Å². The SMILES string of the molecule is C#CC[C@H](CCCCCCCCCCC)O[Si](C)(C)C(C)(C)C. The minimum atomic E-state index is -1.69. The van der Waals surface area contributed by atoms with Crippen molar-refractivity contribution in [2.75, 3.05) is 0 Å². The highest BCUT2D eigenvalue weighted by Crippen LogP contribution is 2.38. The van der Waals surface area contributed by atoms with Gasteiger partial charge in [-0.05, 0) is 24.6 Å². The zero-order chi connectivity index (χ0) is 17.8. The molecule has 23 heavy (non-hydrogen) atoms. The van der Waals surface area contributed by atoms with Crippen molar-refractivity contribution in [3.63, 3.8) is 0 Å². The summed E-state index contributed by atoms with van der Waals surface area (Å²) in [5.41, 5.74) is 0. The van der Waals surface area contributed by atoms with Crippen LogP contribution in [0.4, 0.5) is 0 Å². The molecular weight excluding hydrogens is 296 g/mol. The van der Waals surface area contributed by atoms with Gasteiger partial charge in [0.1, 0.15) is 0 Å². The van der Waals surface area contributed by atoms with Gasteiger partial charge >= 0.3 is 0 Å². The summed E-state index contributed by atoms with van der Waals surface area (Å²) in [5, 5.41) is 0.262. The van der Waals surface area contributed by atoms with E-state index in [1.165, 1.54) is 57.8 Å². The van der Waals surface area contributed by atoms with Gasteiger partial charge in [-0.15, -0.1) is 12.3 Å². The van der Waals surface area contributed by atoms with Crippen LogP contribution in [-0.4, -0.2) is 14.4 Å². The fourth-order valence-electron chi connectivity index (χ4n) is 2.61. The Kier molecular flexibility index (Phi) is 12.0. The second-order valence-corrected chi connectivity index (χ2v) is 13.3. The molecule has 0 heterocycles. The van der Waals surface area contributed by atoms with Crippen molar-refractivity contribution in [2.45, 2.75) is 123 Å². The van der Waals surface area contributed by atoms with Crippen molar-refractivity contribution < 1.29 is 4.43 Å². The predicted octanol–water partition coefficient (Wildman–Crippen LogP) is 7.32. The molecule has 0 fully saturated rings. The topological polar surface area (TPSA) is 9.23 Å². The molecule has 1 atom stereocenters. The van der Waals surface area contributed by atoms with Crippen LogP contribution in [0.3, 0.4) is 0 Å². The molecule has 136 valence electrons. The van der Waals surface area contributed by atoms with E-state index in [1.54, 1.807) is 0 Å². The number of terminal acetylenes is 1. The molecule has 0 saturated carbocycles. The van der Waals surface area contributed by atoms with Crippen LogP contribution >= 0.6 is 0 Å². The molecule has 0 aliphatic heterocycles. The third-order valence-electron chi connectivity index (χ3n) is 5.24. The predicted molar refractivity (Wildman–Crippen MR) is 107 cm³/mol. The number of rotatable bonds is 13. The van der Waals surface area contributed by atoms with Gasteiger partial charge in [0.05, 0.1) is 6.10 Å². The Morgan fingerprint density at radius 2 is 1.39 bits per heavy atom. The van der Waals surface area contributed by atoms with Crippen molar-refractivity contribution in [1.82, 2.24) is 0 Å². The number of hydrogen-bond acceptors (Lipinski definition) is 1. The molecule has 0 aliphatic rings. The molecule has 0 aromatic rings. The van der Waals surface area contributed by atoms with Crippen LogP contribution in [0.15, 0.2) is 0 Å². The largest absolute Gasteiger partial charge is 0.413 e. The smallest absolute Gasteiger partial charge is 0.192 e. The van der Waals surface area contributed by atoms with Gasteiger partial charge in [-0.2, -0.15) is 0 Å². The summed E-state index contributed by atoms with van der Waals surface area (Å²) in [6.45, 7) is 13.8. The molecule has 0 saturated heterocycles. The van der Waals surface area contributed by atoms with Crippen LogP contribution < -0.4 is 0 Å². The summed E-state index contributed by atoms with van der Waals surface area (Å²) < 4.78 is 6.51. The molecule has 0 bridgehead atoms. The Morgan fingerprint density at radius 1 is 0.913 bits per heavy atom. The molecular formula is C21H42OSi. The second kappa shape index (κ2) is 12.1. The monoisotopic (exact) mass is 338 g/mol. The maximum atomic E-state index is 6.51. The molecule has 0 N–H and O–H groups in total. The molecule has 2 heteroatoms. The molecule has 0 aromatic heterocycles. The van der Waals surface area contributed by atoms with Crippen molar-refractivity contribution >= 4 is 8.32 Å². The van der Waals surface area contributed by atoms with E-state index in [9.17, 15) is 0 Å². The molecule has 1 nitrogen and oxygen atoms in total. The summed E-state index contributed by atoms with van der Waals surface area (Å²) in [5.74, 6) is 2.82. The van der Waals surface area contributed by atoms with E-state index in [0.29, 0.717) is 0 Å². The lowest BCUT2D eigenvalue weighted by Gasteiger charge is -2.39. The third-order valence-corrected chi connectivity index (χ3v) is 9.78. The molecule has 0 unspecified atom stereocenters. The van der Waals surface area contributed by atoms with Gasteiger partial charge in [0, 0.05) is 6.42 Å². The fourth-order valence-corrected chi connectivity index (χ4v) is 4.00. The first-order valence-electron chi connectivity index (χ1n) is 9.86. The van der Waals surface area contributed by atoms with Crippen LogP contribution in [-0.2, 0) is 4.43 Å². The Balaban J connectivity index is 3.92. The zero-order valence-corrected chi connectivity index (χ0v) is 17.8. The van der Waals surface area contributed by atoms with Crippen molar-refractivity contribution in [3.8, 4) is 12.3 Å². The van der Waals surface area contributed by atoms with E-state index in [1.807, 2.05) is 0 Å². The molecule has 0 radical (unpaired) electrons. The lowest BCUT2D eigenvalue weighted by atomic mass is 10.0. The fraction of sp³-hybridized carbons (Fsp3) is 0.905. The standard InChI is InChI=1S/C21H42OSi/c1-8-10-11-12-13-14-15-16-17-19-20(18-9-2)22-23(6,7)21(3,4)5/h2,20H,8,10-19H2,1,3-7H3/t20-/m1/s1. The molecule has 0 spiro atoms. The van der Waals surface area contributed by atoms with E-state index in [4.69, 9.17) is 10.8 Å². The van der Waals surface area contributed by atoms with Crippen molar-refractivity contribution in [2.24, 2.45) is 0 Å². The minimum Gasteiger partial charge on any atom is -0.413 e. The van der Waals surface area contributed by atoms with E-state index in [0.717, 1.165) is 12.8 Å². The quantitative estimate of drug-likeness (QED) is 0.194. The Hall–Kier alpha value is -0.263. The summed E-state index contributed by atoms with van der Waals surface area (Å²) in [6.07, 6.45) is 20.1. The molecule has 0 aliphatic carbocycles. The van der Waals surface area contributed by atoms with Gasteiger partial charge < -0.3 is 4.43 Å². The zero-order valence-electron chi connectivity index (χ0n) is 16.8. The summed E-state index contributed by atoms with van der Waals surface area (Å²) >= 11 is 0. The number of unbranched alkanes of at least 4 members (excludes halogenated alkanes) is 8. The normalized spacial score (nSPS) is 13.8. The maximum Gasteiger partial charge on any atom is 0.192 e. The highest BCUT2D eigenvalue weighted by molar-refractivity contribution is 6.74. The van der Waals surface area contributed by atoms with Gasteiger partial charge in [-0.25, -0.2) is 0 Å². The lowest BCUT2D eigenvalue weighted by molar-refractivity contribution is 0.172. The van der Waals surface area contributed by atoms with E-state index in [2.05, 4.69) is 46.7 Å². The second-order valence-electron chi connectivity index (χ2n) is 8.53. The Labute approximate surface area is 148 Å². The van der Waals surface area contributed by atoms with Crippen LogP contribution in [0.1, 0.15) is 98.3 Å². The van der Waals surface area contributed by atoms with Gasteiger partial charge in [0.15, 0.2) is 8.32 Å². The average Bonchev–Trinajstić information content (AvgIpc) is 2.44. The minimum absolute atomic E-state index is 0.262. The third kappa shape index (κ3) is 11.0. The first kappa shape index (κ1) is 22.7. The summed E-state index contributed by atoms with van der Waals surface area (Å²) in [4.78, 5) is 0. The average molecular weight is 339 g/mol. The summed E-state index contributed by atoms with van der Waals surface area (Å²) in [6, 6.07) is 0. The van der Waals surface area contributed by atoms with Crippen LogP contribution in [0.25, 0.3) is 0 Å². The van der Waals surface area contributed by atoms with Crippen LogP contribution in [0.2, 0.25) is 18.1 Å². The molecule has 0 rings (SSSR count). The van der Waals surface area contributed by atoms with Crippen LogP contribution in [0, 0.1) is 12.3 Å². The first-order valence-corrected chi connectivity index (χ1v) is 12.8. The summed E-state index contributed by atoms with van der Waals surface area (Å²) in [7, 11) is -1.69. The maximum absolute atomic E-state index is 6.51. The number of hydrogen-bond donors (Lipinski definition) is 0. The Morgan fingerprint density at radius 3 is 1.83 bits per heavy atom. The highest BCUT2D eigenvalue weighted by atomic mass is 28.4. The molecule has 0 amide bonds. The van der Waals surface area contributed by atoms with Gasteiger partial charge in [-0.3, -0.25) is 0 Å². The lowest BCUT2D eigenvalue weighted by Crippen LogP contribution is -2.43. The van der Waals surface area contributed by atoms with E-state index >= 15 is 0 Å². The van der Waals surface area contributed by atoms with E-state index < -0.39 is 8.32 Å². The highest BCUT2D eigenvalue weighted by Gasteiger charge is 2.38. The van der Waals surface area contributed by atoms with Gasteiger partial charge in [0.25, 0.3) is 0 Å².